The molecule has 0 saturated carbocycles. The summed E-state index contributed by atoms with van der Waals surface area (Å²) in [5.41, 5.74) is 2.09. The predicted molar refractivity (Wildman–Crippen MR) is 113 cm³/mol. The highest BCUT2D eigenvalue weighted by Crippen LogP contribution is 2.37. The van der Waals surface area contributed by atoms with Gasteiger partial charge in [-0.1, -0.05) is 0 Å². The molecule has 162 valence electrons. The van der Waals surface area contributed by atoms with Crippen LogP contribution in [-0.4, -0.2) is 58.3 Å². The highest BCUT2D eigenvalue weighted by Gasteiger charge is 2.41. The van der Waals surface area contributed by atoms with E-state index in [9.17, 15) is 9.59 Å². The summed E-state index contributed by atoms with van der Waals surface area (Å²) >= 11 is 0. The van der Waals surface area contributed by atoms with Gasteiger partial charge in [-0.25, -0.2) is 0 Å². The van der Waals surface area contributed by atoms with Crippen molar-refractivity contribution in [2.75, 3.05) is 26.8 Å². The van der Waals surface area contributed by atoms with Crippen LogP contribution < -0.4 is 5.32 Å². The van der Waals surface area contributed by atoms with Crippen LogP contribution in [0.15, 0.2) is 36.9 Å². The molecule has 0 bridgehead atoms. The summed E-state index contributed by atoms with van der Waals surface area (Å²) in [7, 11) is 1.63. The van der Waals surface area contributed by atoms with Crippen molar-refractivity contribution in [2.24, 2.45) is 5.92 Å². The van der Waals surface area contributed by atoms with E-state index in [2.05, 4.69) is 29.2 Å². The van der Waals surface area contributed by atoms with E-state index in [-0.39, 0.29) is 29.8 Å². The number of methoxy groups -OCH3 is 1. The van der Waals surface area contributed by atoms with Crippen LogP contribution in [-0.2, 0) is 20.7 Å². The monoisotopic (exact) mass is 413 g/mol. The Hall–Kier alpha value is -2.74. The Labute approximate surface area is 177 Å². The fourth-order valence-electron chi connectivity index (χ4n) is 3.88. The zero-order valence-electron chi connectivity index (χ0n) is 18.0. The van der Waals surface area contributed by atoms with Crippen molar-refractivity contribution in [1.82, 2.24) is 25.0 Å². The van der Waals surface area contributed by atoms with E-state index in [4.69, 9.17) is 4.74 Å². The van der Waals surface area contributed by atoms with Crippen molar-refractivity contribution >= 4 is 11.8 Å². The summed E-state index contributed by atoms with van der Waals surface area (Å²) in [6.07, 6.45) is 8.79. The lowest BCUT2D eigenvalue weighted by molar-refractivity contribution is -0.129. The molecule has 1 aliphatic heterocycles. The molecule has 0 aromatic carbocycles. The molecule has 1 fully saturated rings. The Morgan fingerprint density at radius 2 is 2.10 bits per heavy atom. The normalized spacial score (nSPS) is 18.9. The van der Waals surface area contributed by atoms with Gasteiger partial charge in [-0.15, -0.1) is 0 Å². The molecule has 2 aromatic heterocycles. The molecule has 3 heterocycles. The molecular weight excluding hydrogens is 382 g/mol. The van der Waals surface area contributed by atoms with Gasteiger partial charge in [0, 0.05) is 69.2 Å². The van der Waals surface area contributed by atoms with E-state index in [1.54, 1.807) is 19.5 Å². The molecule has 0 spiro atoms. The van der Waals surface area contributed by atoms with Gasteiger partial charge in [-0.3, -0.25) is 19.3 Å². The maximum Gasteiger partial charge on any atom is 0.223 e. The second-order valence-electron chi connectivity index (χ2n) is 8.00. The molecule has 0 unspecified atom stereocenters. The fourth-order valence-corrected chi connectivity index (χ4v) is 3.88. The topological polar surface area (TPSA) is 89.3 Å². The smallest absolute Gasteiger partial charge is 0.223 e. The number of nitrogens with one attached hydrogen (secondary N) is 1. The Morgan fingerprint density at radius 3 is 2.77 bits per heavy atom. The first-order valence-electron chi connectivity index (χ1n) is 10.5. The van der Waals surface area contributed by atoms with E-state index in [0.717, 1.165) is 11.1 Å². The lowest BCUT2D eigenvalue weighted by atomic mass is 9.95. The minimum absolute atomic E-state index is 0.00374. The van der Waals surface area contributed by atoms with E-state index >= 15 is 0 Å². The Morgan fingerprint density at radius 1 is 1.33 bits per heavy atom. The number of likely N-dealkylation sites (tertiary alicyclic amines) is 1. The minimum Gasteiger partial charge on any atom is -0.383 e. The van der Waals surface area contributed by atoms with Crippen LogP contribution in [0.2, 0.25) is 0 Å². The van der Waals surface area contributed by atoms with Crippen molar-refractivity contribution in [3.63, 3.8) is 0 Å². The van der Waals surface area contributed by atoms with Gasteiger partial charge in [0.05, 0.1) is 18.8 Å². The second-order valence-corrected chi connectivity index (χ2v) is 8.00. The first kappa shape index (κ1) is 22.0. The number of pyridine rings is 1. The molecule has 2 aromatic rings. The number of amides is 2. The van der Waals surface area contributed by atoms with Crippen molar-refractivity contribution in [3.05, 3.63) is 48.0 Å². The number of carbonyl (C=O) groups is 2. The number of hydrogen-bond donors (Lipinski definition) is 1. The van der Waals surface area contributed by atoms with Gasteiger partial charge < -0.3 is 15.0 Å². The third kappa shape index (κ3) is 5.44. The summed E-state index contributed by atoms with van der Waals surface area (Å²) in [5.74, 6) is 0.0839. The highest BCUT2D eigenvalue weighted by molar-refractivity contribution is 5.80. The van der Waals surface area contributed by atoms with E-state index in [0.29, 0.717) is 39.0 Å². The van der Waals surface area contributed by atoms with Gasteiger partial charge in [0.2, 0.25) is 11.8 Å². The van der Waals surface area contributed by atoms with Crippen molar-refractivity contribution in [3.8, 4) is 0 Å². The largest absolute Gasteiger partial charge is 0.383 e. The van der Waals surface area contributed by atoms with Crippen molar-refractivity contribution in [1.29, 1.82) is 0 Å². The van der Waals surface area contributed by atoms with Crippen LogP contribution in [0.3, 0.4) is 0 Å². The van der Waals surface area contributed by atoms with Gasteiger partial charge in [-0.05, 0) is 38.0 Å². The standard InChI is InChI=1S/C22H31N5O3/c1-16(2)27-15-19(14-25-27)22-18(12-21(29)26(22)10-11-30-3)13-24-20(28)5-4-17-6-8-23-9-7-17/h6-9,14-16,18,22H,4-5,10-13H2,1-3H3,(H,24,28)/t18-,22+/m0/s1. The summed E-state index contributed by atoms with van der Waals surface area (Å²) in [4.78, 5) is 30.9. The zero-order valence-corrected chi connectivity index (χ0v) is 18.0. The molecule has 2 atom stereocenters. The third-order valence-electron chi connectivity index (χ3n) is 5.52. The molecule has 1 saturated heterocycles. The first-order chi connectivity index (χ1) is 14.5. The van der Waals surface area contributed by atoms with Gasteiger partial charge in [-0.2, -0.15) is 5.10 Å². The molecule has 0 aliphatic carbocycles. The van der Waals surface area contributed by atoms with Gasteiger partial charge in [0.15, 0.2) is 0 Å². The summed E-state index contributed by atoms with van der Waals surface area (Å²) in [6, 6.07) is 3.97. The Balaban J connectivity index is 1.64. The molecule has 2 amide bonds. The number of nitrogens with zero attached hydrogens (tertiary/aromatic N) is 4. The van der Waals surface area contributed by atoms with E-state index in [1.165, 1.54) is 0 Å². The molecule has 30 heavy (non-hydrogen) atoms. The summed E-state index contributed by atoms with van der Waals surface area (Å²) < 4.78 is 7.10. The van der Waals surface area contributed by atoms with Crippen molar-refractivity contribution < 1.29 is 14.3 Å². The quantitative estimate of drug-likeness (QED) is 0.645. The van der Waals surface area contributed by atoms with Crippen LogP contribution >= 0.6 is 0 Å². The van der Waals surface area contributed by atoms with Gasteiger partial charge >= 0.3 is 0 Å². The molecule has 3 rings (SSSR count). The lowest BCUT2D eigenvalue weighted by Gasteiger charge is -2.27. The molecule has 8 heteroatoms. The van der Waals surface area contributed by atoms with Gasteiger partial charge in [0.1, 0.15) is 0 Å². The molecule has 1 N–H and O–H groups in total. The molecule has 8 nitrogen and oxygen atoms in total. The third-order valence-corrected chi connectivity index (χ3v) is 5.52. The summed E-state index contributed by atoms with van der Waals surface area (Å²) in [5, 5.41) is 7.48. The highest BCUT2D eigenvalue weighted by atomic mass is 16.5. The molecule has 1 aliphatic rings. The second kappa shape index (κ2) is 10.3. The SMILES string of the molecule is COCCN1C(=O)C[C@@H](CNC(=O)CCc2ccncc2)[C@@H]1c1cnn(C(C)C)c1. The Bertz CT molecular complexity index is 836. The van der Waals surface area contributed by atoms with Crippen LogP contribution in [0.5, 0.6) is 0 Å². The van der Waals surface area contributed by atoms with Crippen LogP contribution in [0.25, 0.3) is 0 Å². The van der Waals surface area contributed by atoms with Crippen LogP contribution in [0.1, 0.15) is 49.9 Å². The predicted octanol–water partition coefficient (Wildman–Crippen LogP) is 2.14. The van der Waals surface area contributed by atoms with Crippen LogP contribution in [0, 0.1) is 5.92 Å². The number of ether oxygens (including phenoxy) is 1. The number of carbonyl (C=O) groups excluding carboxylic acids is 2. The summed E-state index contributed by atoms with van der Waals surface area (Å²) in [6.45, 7) is 5.60. The van der Waals surface area contributed by atoms with E-state index < -0.39 is 0 Å². The van der Waals surface area contributed by atoms with Crippen LogP contribution in [0.4, 0.5) is 0 Å². The number of hydrogen-bond acceptors (Lipinski definition) is 5. The maximum absolute atomic E-state index is 12.7. The number of aryl methyl sites for hydroxylation is 1. The minimum atomic E-state index is -0.111. The molecular formula is C22H31N5O3. The Kier molecular flexibility index (Phi) is 7.57. The molecule has 0 radical (unpaired) electrons. The van der Waals surface area contributed by atoms with Crippen molar-refractivity contribution in [2.45, 2.75) is 45.2 Å². The van der Waals surface area contributed by atoms with Gasteiger partial charge in [0.25, 0.3) is 0 Å². The average molecular weight is 414 g/mol. The number of aromatic nitrogens is 3. The first-order valence-corrected chi connectivity index (χ1v) is 10.5. The lowest BCUT2D eigenvalue weighted by Crippen LogP contribution is -2.35. The zero-order chi connectivity index (χ0) is 21.5. The fraction of sp³-hybridized carbons (Fsp3) is 0.545. The number of rotatable bonds is 10. The average Bonchev–Trinajstić information content (AvgIpc) is 3.34. The van der Waals surface area contributed by atoms with E-state index in [1.807, 2.05) is 34.1 Å². The maximum atomic E-state index is 12.7.